The van der Waals surface area contributed by atoms with Crippen LogP contribution in [0.4, 0.5) is 0 Å². The molecule has 1 aromatic carbocycles. The van der Waals surface area contributed by atoms with Gasteiger partial charge >= 0.3 is 0 Å². The highest BCUT2D eigenvalue weighted by Gasteiger charge is 2.15. The largest absolute Gasteiger partial charge is 0.490 e. The molecule has 1 N–H and O–H groups in total. The van der Waals surface area contributed by atoms with Crippen molar-refractivity contribution in [3.63, 3.8) is 0 Å². The zero-order chi connectivity index (χ0) is 16.1. The Labute approximate surface area is 135 Å². The van der Waals surface area contributed by atoms with Crippen molar-refractivity contribution in [2.75, 3.05) is 6.54 Å². The number of carbonyl (C=O) groups excluding carboxylic acids is 1. The molecule has 0 saturated heterocycles. The SMILES string of the molecule is CC(C)CNC(=O)c1csc(-c2ccccc2OC(C)C)n1. The molecule has 0 radical (unpaired) electrons. The lowest BCUT2D eigenvalue weighted by Crippen LogP contribution is -2.27. The van der Waals surface area contributed by atoms with Gasteiger partial charge in [-0.05, 0) is 31.9 Å². The van der Waals surface area contributed by atoms with Crippen molar-refractivity contribution in [3.8, 4) is 16.3 Å². The summed E-state index contributed by atoms with van der Waals surface area (Å²) >= 11 is 1.45. The molecule has 2 rings (SSSR count). The molecule has 0 aliphatic rings. The third-order valence-corrected chi connectivity index (χ3v) is 3.76. The average molecular weight is 318 g/mol. The molecule has 4 nitrogen and oxygen atoms in total. The minimum absolute atomic E-state index is 0.0925. The lowest BCUT2D eigenvalue weighted by atomic mass is 10.2. The van der Waals surface area contributed by atoms with Crippen LogP contribution in [-0.4, -0.2) is 23.5 Å². The summed E-state index contributed by atoms with van der Waals surface area (Å²) < 4.78 is 5.81. The Hall–Kier alpha value is -1.88. The first-order chi connectivity index (χ1) is 10.5. The summed E-state index contributed by atoms with van der Waals surface area (Å²) in [5.41, 5.74) is 1.38. The Morgan fingerprint density at radius 3 is 2.68 bits per heavy atom. The predicted octanol–water partition coefficient (Wildman–Crippen LogP) is 3.98. The third-order valence-electron chi connectivity index (χ3n) is 2.89. The van der Waals surface area contributed by atoms with Crippen LogP contribution in [0, 0.1) is 5.92 Å². The molecular formula is C17H22N2O2S. The first-order valence-corrected chi connectivity index (χ1v) is 8.35. The number of hydrogen-bond donors (Lipinski definition) is 1. The molecule has 0 atom stereocenters. The number of amides is 1. The summed E-state index contributed by atoms with van der Waals surface area (Å²) in [7, 11) is 0. The molecule has 0 fully saturated rings. The van der Waals surface area contributed by atoms with E-state index in [-0.39, 0.29) is 12.0 Å². The Bertz CT molecular complexity index is 635. The Kier molecular flexibility index (Phi) is 5.55. The van der Waals surface area contributed by atoms with E-state index in [2.05, 4.69) is 24.1 Å². The van der Waals surface area contributed by atoms with Gasteiger partial charge in [0.2, 0.25) is 0 Å². The van der Waals surface area contributed by atoms with Gasteiger partial charge in [-0.1, -0.05) is 26.0 Å². The Balaban J connectivity index is 2.19. The summed E-state index contributed by atoms with van der Waals surface area (Å²) in [6.45, 7) is 8.75. The van der Waals surface area contributed by atoms with Crippen molar-refractivity contribution in [1.82, 2.24) is 10.3 Å². The fourth-order valence-electron chi connectivity index (χ4n) is 1.89. The van der Waals surface area contributed by atoms with Crippen LogP contribution in [0.25, 0.3) is 10.6 Å². The second-order valence-corrected chi connectivity index (χ2v) is 6.66. The van der Waals surface area contributed by atoms with Crippen LogP contribution in [0.5, 0.6) is 5.75 Å². The molecule has 118 valence electrons. The van der Waals surface area contributed by atoms with E-state index in [4.69, 9.17) is 4.74 Å². The Morgan fingerprint density at radius 1 is 1.27 bits per heavy atom. The van der Waals surface area contributed by atoms with Gasteiger partial charge in [0.1, 0.15) is 16.5 Å². The van der Waals surface area contributed by atoms with Gasteiger partial charge in [0.05, 0.1) is 11.7 Å². The van der Waals surface area contributed by atoms with Crippen LogP contribution >= 0.6 is 11.3 Å². The van der Waals surface area contributed by atoms with E-state index in [1.54, 1.807) is 5.38 Å². The van der Waals surface area contributed by atoms with Crippen molar-refractivity contribution >= 4 is 17.2 Å². The van der Waals surface area contributed by atoms with E-state index in [1.807, 2.05) is 38.1 Å². The number of ether oxygens (including phenoxy) is 1. The molecule has 0 saturated carbocycles. The maximum atomic E-state index is 12.1. The van der Waals surface area contributed by atoms with Gasteiger partial charge in [0, 0.05) is 11.9 Å². The van der Waals surface area contributed by atoms with Gasteiger partial charge in [-0.15, -0.1) is 11.3 Å². The van der Waals surface area contributed by atoms with Crippen molar-refractivity contribution in [2.24, 2.45) is 5.92 Å². The van der Waals surface area contributed by atoms with Crippen LogP contribution in [0.3, 0.4) is 0 Å². The van der Waals surface area contributed by atoms with E-state index in [9.17, 15) is 4.79 Å². The number of nitrogens with one attached hydrogen (secondary N) is 1. The molecule has 0 aliphatic carbocycles. The minimum Gasteiger partial charge on any atom is -0.490 e. The number of benzene rings is 1. The lowest BCUT2D eigenvalue weighted by Gasteiger charge is -2.12. The van der Waals surface area contributed by atoms with Crippen LogP contribution in [0.1, 0.15) is 38.2 Å². The second kappa shape index (κ2) is 7.40. The van der Waals surface area contributed by atoms with Crippen molar-refractivity contribution in [3.05, 3.63) is 35.3 Å². The number of para-hydroxylation sites is 1. The molecule has 2 aromatic rings. The predicted molar refractivity (Wildman–Crippen MR) is 90.5 cm³/mol. The molecular weight excluding hydrogens is 296 g/mol. The van der Waals surface area contributed by atoms with Crippen molar-refractivity contribution < 1.29 is 9.53 Å². The average Bonchev–Trinajstić information content (AvgIpc) is 2.94. The second-order valence-electron chi connectivity index (χ2n) is 5.80. The van der Waals surface area contributed by atoms with E-state index >= 15 is 0 Å². The number of carbonyl (C=O) groups is 1. The topological polar surface area (TPSA) is 51.2 Å². The fourth-order valence-corrected chi connectivity index (χ4v) is 2.72. The lowest BCUT2D eigenvalue weighted by molar-refractivity contribution is 0.0945. The van der Waals surface area contributed by atoms with Crippen LogP contribution < -0.4 is 10.1 Å². The van der Waals surface area contributed by atoms with Gasteiger partial charge in [0.15, 0.2) is 0 Å². The zero-order valence-corrected chi connectivity index (χ0v) is 14.2. The van der Waals surface area contributed by atoms with Crippen molar-refractivity contribution in [2.45, 2.75) is 33.8 Å². The molecule has 1 amide bonds. The minimum atomic E-state index is -0.126. The first kappa shape index (κ1) is 16.5. The van der Waals surface area contributed by atoms with Crippen LogP contribution in [0.2, 0.25) is 0 Å². The number of rotatable bonds is 6. The number of aromatic nitrogens is 1. The zero-order valence-electron chi connectivity index (χ0n) is 13.4. The van der Waals surface area contributed by atoms with Crippen molar-refractivity contribution in [1.29, 1.82) is 0 Å². The molecule has 1 heterocycles. The molecule has 0 unspecified atom stereocenters. The molecule has 0 spiro atoms. The molecule has 22 heavy (non-hydrogen) atoms. The third kappa shape index (κ3) is 4.31. The summed E-state index contributed by atoms with van der Waals surface area (Å²) in [4.78, 5) is 16.5. The number of thiazole rings is 1. The number of hydrogen-bond acceptors (Lipinski definition) is 4. The summed E-state index contributed by atoms with van der Waals surface area (Å²) in [5.74, 6) is 1.08. The standard InChI is InChI=1S/C17H22N2O2S/c1-11(2)9-18-16(20)14-10-22-17(19-14)13-7-5-6-8-15(13)21-12(3)4/h5-8,10-12H,9H2,1-4H3,(H,18,20). The highest BCUT2D eigenvalue weighted by Crippen LogP contribution is 2.32. The Morgan fingerprint density at radius 2 is 2.00 bits per heavy atom. The maximum absolute atomic E-state index is 12.1. The fraction of sp³-hybridized carbons (Fsp3) is 0.412. The maximum Gasteiger partial charge on any atom is 0.270 e. The van der Waals surface area contributed by atoms with Crippen LogP contribution in [0.15, 0.2) is 29.6 Å². The van der Waals surface area contributed by atoms with E-state index in [1.165, 1.54) is 11.3 Å². The van der Waals surface area contributed by atoms with Gasteiger partial charge in [-0.3, -0.25) is 4.79 Å². The molecule has 5 heteroatoms. The van der Waals surface area contributed by atoms with E-state index < -0.39 is 0 Å². The van der Waals surface area contributed by atoms with Gasteiger partial charge in [-0.2, -0.15) is 0 Å². The molecule has 0 bridgehead atoms. The van der Waals surface area contributed by atoms with Gasteiger partial charge in [-0.25, -0.2) is 4.98 Å². The highest BCUT2D eigenvalue weighted by molar-refractivity contribution is 7.13. The van der Waals surface area contributed by atoms with E-state index in [0.29, 0.717) is 18.2 Å². The quantitative estimate of drug-likeness (QED) is 0.876. The summed E-state index contributed by atoms with van der Waals surface area (Å²) in [6, 6.07) is 7.77. The van der Waals surface area contributed by atoms with Crippen LogP contribution in [-0.2, 0) is 0 Å². The smallest absolute Gasteiger partial charge is 0.270 e. The molecule has 1 aromatic heterocycles. The van der Waals surface area contributed by atoms with E-state index in [0.717, 1.165) is 16.3 Å². The first-order valence-electron chi connectivity index (χ1n) is 7.47. The number of nitrogens with zero attached hydrogens (tertiary/aromatic N) is 1. The molecule has 0 aliphatic heterocycles. The highest BCUT2D eigenvalue weighted by atomic mass is 32.1. The summed E-state index contributed by atoms with van der Waals surface area (Å²) in [6.07, 6.45) is 0.0925. The summed E-state index contributed by atoms with van der Waals surface area (Å²) in [5, 5.41) is 5.47. The monoisotopic (exact) mass is 318 g/mol. The van der Waals surface area contributed by atoms with Gasteiger partial charge in [0.25, 0.3) is 5.91 Å². The van der Waals surface area contributed by atoms with Gasteiger partial charge < -0.3 is 10.1 Å². The normalized spacial score (nSPS) is 11.0.